The topological polar surface area (TPSA) is 91.0 Å². The third-order valence-corrected chi connectivity index (χ3v) is 2.39. The zero-order valence-electron chi connectivity index (χ0n) is 10.6. The van der Waals surface area contributed by atoms with Crippen molar-refractivity contribution in [1.82, 2.24) is 0 Å². The zero-order chi connectivity index (χ0) is 13.8. The van der Waals surface area contributed by atoms with Crippen LogP contribution in [0, 0.1) is 0 Å². The van der Waals surface area contributed by atoms with Crippen LogP contribution < -0.4 is 19.9 Å². The van der Waals surface area contributed by atoms with Crippen molar-refractivity contribution >= 4 is 5.97 Å². The SMILES string of the molecule is COc1cccc(OC)c1OCC(C)(N)C(=O)O. The highest BCUT2D eigenvalue weighted by molar-refractivity contribution is 5.78. The molecule has 0 spiro atoms. The number of hydrogen-bond donors (Lipinski definition) is 2. The number of methoxy groups -OCH3 is 2. The van der Waals surface area contributed by atoms with E-state index in [1.165, 1.54) is 21.1 Å². The normalized spacial score (nSPS) is 13.6. The molecule has 0 saturated carbocycles. The van der Waals surface area contributed by atoms with Gasteiger partial charge in [0.25, 0.3) is 0 Å². The molecule has 18 heavy (non-hydrogen) atoms. The minimum absolute atomic E-state index is 0.195. The summed E-state index contributed by atoms with van der Waals surface area (Å²) in [6.45, 7) is 1.18. The fourth-order valence-electron chi connectivity index (χ4n) is 1.24. The Kier molecular flexibility index (Phi) is 4.38. The molecule has 0 radical (unpaired) electrons. The summed E-state index contributed by atoms with van der Waals surface area (Å²) in [5.41, 5.74) is 4.10. The molecular formula is C12H17NO5. The first-order valence-corrected chi connectivity index (χ1v) is 5.28. The van der Waals surface area contributed by atoms with Crippen molar-refractivity contribution in [3.8, 4) is 17.2 Å². The Hall–Kier alpha value is -1.95. The van der Waals surface area contributed by atoms with Crippen LogP contribution in [-0.2, 0) is 4.79 Å². The number of ether oxygens (including phenoxy) is 3. The summed E-state index contributed by atoms with van der Waals surface area (Å²) in [7, 11) is 2.97. The Labute approximate surface area is 105 Å². The monoisotopic (exact) mass is 255 g/mol. The van der Waals surface area contributed by atoms with E-state index in [9.17, 15) is 4.79 Å². The van der Waals surface area contributed by atoms with Gasteiger partial charge in [0.15, 0.2) is 11.5 Å². The molecule has 0 heterocycles. The first-order valence-electron chi connectivity index (χ1n) is 5.28. The van der Waals surface area contributed by atoms with Gasteiger partial charge in [0, 0.05) is 0 Å². The molecule has 0 aliphatic carbocycles. The standard InChI is InChI=1S/C12H17NO5/c1-12(13,11(14)15)7-18-10-8(16-2)5-4-6-9(10)17-3/h4-6H,7,13H2,1-3H3,(H,14,15). The molecule has 0 amide bonds. The van der Waals surface area contributed by atoms with Gasteiger partial charge in [-0.25, -0.2) is 0 Å². The summed E-state index contributed by atoms with van der Waals surface area (Å²) in [6.07, 6.45) is 0. The lowest BCUT2D eigenvalue weighted by molar-refractivity contribution is -0.143. The van der Waals surface area contributed by atoms with Gasteiger partial charge >= 0.3 is 5.97 Å². The second-order valence-corrected chi connectivity index (χ2v) is 4.00. The Morgan fingerprint density at radius 3 is 2.22 bits per heavy atom. The molecule has 1 rings (SSSR count). The van der Waals surface area contributed by atoms with Gasteiger partial charge in [0.2, 0.25) is 5.75 Å². The quantitative estimate of drug-likeness (QED) is 0.784. The van der Waals surface area contributed by atoms with Gasteiger partial charge in [0.1, 0.15) is 12.1 Å². The van der Waals surface area contributed by atoms with E-state index in [2.05, 4.69) is 0 Å². The van der Waals surface area contributed by atoms with Gasteiger partial charge in [-0.2, -0.15) is 0 Å². The molecule has 1 aromatic carbocycles. The molecule has 0 fully saturated rings. The van der Waals surface area contributed by atoms with Crippen molar-refractivity contribution in [2.75, 3.05) is 20.8 Å². The Balaban J connectivity index is 2.93. The third kappa shape index (κ3) is 3.04. The minimum atomic E-state index is -1.48. The number of nitrogens with two attached hydrogens (primary N) is 1. The van der Waals surface area contributed by atoms with Crippen molar-refractivity contribution < 1.29 is 24.1 Å². The summed E-state index contributed by atoms with van der Waals surface area (Å²) in [5.74, 6) is 0.0999. The number of rotatable bonds is 6. The van der Waals surface area contributed by atoms with E-state index >= 15 is 0 Å². The van der Waals surface area contributed by atoms with Gasteiger partial charge in [-0.15, -0.1) is 0 Å². The van der Waals surface area contributed by atoms with Crippen LogP contribution in [0.5, 0.6) is 17.2 Å². The minimum Gasteiger partial charge on any atom is -0.493 e. The van der Waals surface area contributed by atoms with Crippen LogP contribution in [0.3, 0.4) is 0 Å². The second-order valence-electron chi connectivity index (χ2n) is 4.00. The van der Waals surface area contributed by atoms with E-state index in [1.54, 1.807) is 18.2 Å². The summed E-state index contributed by atoms with van der Waals surface area (Å²) in [5, 5.41) is 8.90. The fraction of sp³-hybridized carbons (Fsp3) is 0.417. The summed E-state index contributed by atoms with van der Waals surface area (Å²) >= 11 is 0. The number of carboxylic acid groups (broad SMARTS) is 1. The molecule has 6 nitrogen and oxygen atoms in total. The number of hydrogen-bond acceptors (Lipinski definition) is 5. The average molecular weight is 255 g/mol. The highest BCUT2D eigenvalue weighted by atomic mass is 16.5. The van der Waals surface area contributed by atoms with Crippen molar-refractivity contribution in [2.45, 2.75) is 12.5 Å². The molecule has 1 unspecified atom stereocenters. The van der Waals surface area contributed by atoms with Gasteiger partial charge in [-0.3, -0.25) is 4.79 Å². The van der Waals surface area contributed by atoms with E-state index in [1.807, 2.05) is 0 Å². The van der Waals surface area contributed by atoms with Crippen molar-refractivity contribution in [1.29, 1.82) is 0 Å². The summed E-state index contributed by atoms with van der Waals surface area (Å²) in [4.78, 5) is 10.9. The van der Waals surface area contributed by atoms with Crippen LogP contribution >= 0.6 is 0 Å². The van der Waals surface area contributed by atoms with Gasteiger partial charge in [-0.1, -0.05) is 6.07 Å². The number of aliphatic carboxylic acids is 1. The molecule has 0 aliphatic heterocycles. The maximum atomic E-state index is 10.9. The van der Waals surface area contributed by atoms with E-state index in [0.717, 1.165) is 0 Å². The summed E-state index contributed by atoms with van der Waals surface area (Å²) in [6, 6.07) is 5.11. The third-order valence-electron chi connectivity index (χ3n) is 2.39. The maximum Gasteiger partial charge on any atom is 0.326 e. The lowest BCUT2D eigenvalue weighted by Crippen LogP contribution is -2.50. The van der Waals surface area contributed by atoms with Crippen LogP contribution in [0.2, 0.25) is 0 Å². The van der Waals surface area contributed by atoms with Crippen LogP contribution in [-0.4, -0.2) is 37.4 Å². The van der Waals surface area contributed by atoms with Crippen LogP contribution in [0.4, 0.5) is 0 Å². The first-order chi connectivity index (χ1) is 8.42. The molecule has 0 bridgehead atoms. The lowest BCUT2D eigenvalue weighted by atomic mass is 10.1. The molecule has 0 aromatic heterocycles. The first kappa shape index (κ1) is 14.1. The van der Waals surface area contributed by atoms with E-state index < -0.39 is 11.5 Å². The lowest BCUT2D eigenvalue weighted by Gasteiger charge is -2.21. The highest BCUT2D eigenvalue weighted by Crippen LogP contribution is 2.37. The number of carboxylic acids is 1. The Morgan fingerprint density at radius 2 is 1.83 bits per heavy atom. The molecule has 100 valence electrons. The number of para-hydroxylation sites is 1. The van der Waals surface area contributed by atoms with Gasteiger partial charge < -0.3 is 25.1 Å². The molecule has 3 N–H and O–H groups in total. The molecule has 1 atom stereocenters. The molecule has 0 saturated heterocycles. The maximum absolute atomic E-state index is 10.9. The number of benzene rings is 1. The van der Waals surface area contributed by atoms with Crippen LogP contribution in [0.1, 0.15) is 6.92 Å². The van der Waals surface area contributed by atoms with Crippen molar-refractivity contribution in [2.24, 2.45) is 5.73 Å². The van der Waals surface area contributed by atoms with E-state index in [4.69, 9.17) is 25.1 Å². The molecule has 6 heteroatoms. The summed E-state index contributed by atoms with van der Waals surface area (Å²) < 4.78 is 15.7. The zero-order valence-corrected chi connectivity index (χ0v) is 10.6. The molecular weight excluding hydrogens is 238 g/mol. The van der Waals surface area contributed by atoms with E-state index in [0.29, 0.717) is 17.2 Å². The highest BCUT2D eigenvalue weighted by Gasteiger charge is 2.30. The van der Waals surface area contributed by atoms with Crippen molar-refractivity contribution in [3.05, 3.63) is 18.2 Å². The molecule has 1 aromatic rings. The van der Waals surface area contributed by atoms with Crippen molar-refractivity contribution in [3.63, 3.8) is 0 Å². The molecule has 0 aliphatic rings. The van der Waals surface area contributed by atoms with Gasteiger partial charge in [-0.05, 0) is 19.1 Å². The Bertz CT molecular complexity index is 408. The largest absolute Gasteiger partial charge is 0.493 e. The smallest absolute Gasteiger partial charge is 0.326 e. The number of carbonyl (C=O) groups is 1. The second kappa shape index (κ2) is 5.59. The van der Waals surface area contributed by atoms with Crippen LogP contribution in [0.25, 0.3) is 0 Å². The van der Waals surface area contributed by atoms with Gasteiger partial charge in [0.05, 0.1) is 14.2 Å². The predicted molar refractivity (Wildman–Crippen MR) is 65.3 cm³/mol. The predicted octanol–water partition coefficient (Wildman–Crippen LogP) is 0.885. The fourth-order valence-corrected chi connectivity index (χ4v) is 1.24. The van der Waals surface area contributed by atoms with E-state index in [-0.39, 0.29) is 6.61 Å². The Morgan fingerprint density at radius 1 is 1.33 bits per heavy atom. The average Bonchev–Trinajstić information content (AvgIpc) is 2.35. The van der Waals surface area contributed by atoms with Crippen LogP contribution in [0.15, 0.2) is 18.2 Å².